The molecule has 3 N–H and O–H groups in total. The van der Waals surface area contributed by atoms with Gasteiger partial charge in [-0.1, -0.05) is 30.3 Å². The van der Waals surface area contributed by atoms with Crippen LogP contribution < -0.4 is 11.1 Å². The molecule has 0 saturated heterocycles. The minimum absolute atomic E-state index is 0.355. The van der Waals surface area contributed by atoms with Gasteiger partial charge in [-0.3, -0.25) is 0 Å². The molecule has 0 spiro atoms. The molecule has 102 valence electrons. The number of rotatable bonds is 4. The van der Waals surface area contributed by atoms with Crippen LogP contribution in [0.25, 0.3) is 10.2 Å². The molecule has 1 atom stereocenters. The molecule has 4 nitrogen and oxygen atoms in total. The summed E-state index contributed by atoms with van der Waals surface area (Å²) in [6.07, 6.45) is 1.58. The van der Waals surface area contributed by atoms with E-state index < -0.39 is 0 Å². The van der Waals surface area contributed by atoms with E-state index in [-0.39, 0.29) is 5.54 Å². The van der Waals surface area contributed by atoms with Gasteiger partial charge in [0.2, 0.25) is 0 Å². The highest BCUT2D eigenvalue weighted by Crippen LogP contribution is 2.30. The van der Waals surface area contributed by atoms with Gasteiger partial charge >= 0.3 is 0 Å². The third-order valence-electron chi connectivity index (χ3n) is 3.46. The molecule has 0 aliphatic rings. The largest absolute Gasteiger partial charge is 0.358 e. The second-order valence-corrected chi connectivity index (χ2v) is 5.80. The lowest BCUT2D eigenvalue weighted by molar-refractivity contribution is 0.555. The zero-order valence-corrected chi connectivity index (χ0v) is 12.0. The van der Waals surface area contributed by atoms with Gasteiger partial charge < -0.3 is 11.1 Å². The van der Waals surface area contributed by atoms with Crippen LogP contribution in [-0.4, -0.2) is 16.5 Å². The second kappa shape index (κ2) is 5.19. The van der Waals surface area contributed by atoms with E-state index in [1.807, 2.05) is 29.6 Å². The Hall–Kier alpha value is -1.98. The van der Waals surface area contributed by atoms with E-state index in [0.29, 0.717) is 6.54 Å². The average molecular weight is 284 g/mol. The first-order valence-corrected chi connectivity index (χ1v) is 7.33. The SMILES string of the molecule is CC(CN)(Nc1ncnc2ccsc12)c1ccccc1. The summed E-state index contributed by atoms with van der Waals surface area (Å²) in [6, 6.07) is 12.2. The van der Waals surface area contributed by atoms with Crippen LogP contribution in [0, 0.1) is 0 Å². The van der Waals surface area contributed by atoms with E-state index >= 15 is 0 Å². The van der Waals surface area contributed by atoms with Crippen molar-refractivity contribution in [1.29, 1.82) is 0 Å². The van der Waals surface area contributed by atoms with Crippen LogP contribution in [0.15, 0.2) is 48.1 Å². The number of nitrogens with zero attached hydrogens (tertiary/aromatic N) is 2. The van der Waals surface area contributed by atoms with Gasteiger partial charge in [0.15, 0.2) is 0 Å². The van der Waals surface area contributed by atoms with E-state index in [1.165, 1.54) is 0 Å². The number of thiophene rings is 1. The molecule has 3 aromatic rings. The topological polar surface area (TPSA) is 63.8 Å². The first-order chi connectivity index (χ1) is 9.73. The smallest absolute Gasteiger partial charge is 0.148 e. The summed E-state index contributed by atoms with van der Waals surface area (Å²) < 4.78 is 1.06. The number of nitrogens with two attached hydrogens (primary N) is 1. The van der Waals surface area contributed by atoms with Crippen LogP contribution in [0.2, 0.25) is 0 Å². The molecule has 0 saturated carbocycles. The molecular formula is C15H16N4S. The number of benzene rings is 1. The predicted molar refractivity (Wildman–Crippen MR) is 83.9 cm³/mol. The van der Waals surface area contributed by atoms with Crippen LogP contribution in [0.4, 0.5) is 5.82 Å². The lowest BCUT2D eigenvalue weighted by atomic mass is 9.92. The van der Waals surface area contributed by atoms with Gasteiger partial charge in [0.25, 0.3) is 0 Å². The van der Waals surface area contributed by atoms with Gasteiger partial charge in [-0.2, -0.15) is 0 Å². The molecule has 3 rings (SSSR count). The Balaban J connectivity index is 2.01. The first kappa shape index (κ1) is 13.0. The Labute approximate surface area is 121 Å². The number of hydrogen-bond acceptors (Lipinski definition) is 5. The fraction of sp³-hybridized carbons (Fsp3) is 0.200. The Morgan fingerprint density at radius 1 is 1.20 bits per heavy atom. The van der Waals surface area contributed by atoms with Gasteiger partial charge in [0.05, 0.1) is 15.8 Å². The standard InChI is InChI=1S/C15H16N4S/c1-15(9-16,11-5-3-2-4-6-11)19-14-13-12(7-8-20-13)17-10-18-14/h2-8,10H,9,16H2,1H3,(H,17,18,19). The molecule has 0 bridgehead atoms. The third-order valence-corrected chi connectivity index (χ3v) is 4.37. The van der Waals surface area contributed by atoms with Crippen molar-refractivity contribution in [3.8, 4) is 0 Å². The first-order valence-electron chi connectivity index (χ1n) is 6.45. The van der Waals surface area contributed by atoms with Crippen LogP contribution in [-0.2, 0) is 5.54 Å². The van der Waals surface area contributed by atoms with E-state index in [9.17, 15) is 0 Å². The van der Waals surface area contributed by atoms with Crippen LogP contribution in [0.5, 0.6) is 0 Å². The normalized spacial score (nSPS) is 14.1. The van der Waals surface area contributed by atoms with Gasteiger partial charge in [0, 0.05) is 6.54 Å². The summed E-state index contributed by atoms with van der Waals surface area (Å²) >= 11 is 1.63. The maximum atomic E-state index is 6.00. The summed E-state index contributed by atoms with van der Waals surface area (Å²) in [4.78, 5) is 8.63. The molecule has 1 unspecified atom stereocenters. The number of nitrogens with one attached hydrogen (secondary N) is 1. The van der Waals surface area contributed by atoms with E-state index in [0.717, 1.165) is 21.6 Å². The van der Waals surface area contributed by atoms with Gasteiger partial charge in [-0.25, -0.2) is 9.97 Å². The molecule has 0 fully saturated rings. The number of fused-ring (bicyclic) bond motifs is 1. The molecule has 0 aliphatic carbocycles. The molecule has 1 aromatic carbocycles. The fourth-order valence-corrected chi connectivity index (χ4v) is 2.98. The lowest BCUT2D eigenvalue weighted by Gasteiger charge is -2.30. The third kappa shape index (κ3) is 2.26. The number of aromatic nitrogens is 2. The molecule has 2 aromatic heterocycles. The molecule has 0 amide bonds. The van der Waals surface area contributed by atoms with Crippen LogP contribution in [0.1, 0.15) is 12.5 Å². The van der Waals surface area contributed by atoms with Crippen molar-refractivity contribution in [3.05, 3.63) is 53.7 Å². The van der Waals surface area contributed by atoms with Crippen molar-refractivity contribution in [2.75, 3.05) is 11.9 Å². The van der Waals surface area contributed by atoms with Gasteiger partial charge in [-0.15, -0.1) is 11.3 Å². The molecule has 2 heterocycles. The summed E-state index contributed by atoms with van der Waals surface area (Å²) in [7, 11) is 0. The Morgan fingerprint density at radius 3 is 2.75 bits per heavy atom. The fourth-order valence-electron chi connectivity index (χ4n) is 2.19. The number of hydrogen-bond donors (Lipinski definition) is 2. The molecule has 20 heavy (non-hydrogen) atoms. The number of anilines is 1. The zero-order chi connectivity index (χ0) is 14.0. The zero-order valence-electron chi connectivity index (χ0n) is 11.2. The van der Waals surface area contributed by atoms with E-state index in [1.54, 1.807) is 17.7 Å². The summed E-state index contributed by atoms with van der Waals surface area (Å²) in [6.45, 7) is 2.57. The highest BCUT2D eigenvalue weighted by Gasteiger charge is 2.26. The van der Waals surface area contributed by atoms with Crippen molar-refractivity contribution in [1.82, 2.24) is 9.97 Å². The van der Waals surface area contributed by atoms with Crippen molar-refractivity contribution < 1.29 is 0 Å². The van der Waals surface area contributed by atoms with Gasteiger partial charge in [0.1, 0.15) is 12.1 Å². The van der Waals surface area contributed by atoms with Crippen LogP contribution >= 0.6 is 11.3 Å². The van der Waals surface area contributed by atoms with Crippen molar-refractivity contribution in [3.63, 3.8) is 0 Å². The average Bonchev–Trinajstić information content (AvgIpc) is 2.98. The van der Waals surface area contributed by atoms with E-state index in [2.05, 4.69) is 34.3 Å². The monoisotopic (exact) mass is 284 g/mol. The minimum atomic E-state index is -0.355. The van der Waals surface area contributed by atoms with Gasteiger partial charge in [-0.05, 0) is 23.9 Å². The minimum Gasteiger partial charge on any atom is -0.358 e. The van der Waals surface area contributed by atoms with E-state index in [4.69, 9.17) is 5.73 Å². The Kier molecular flexibility index (Phi) is 3.38. The predicted octanol–water partition coefficient (Wildman–Crippen LogP) is 2.98. The highest BCUT2D eigenvalue weighted by molar-refractivity contribution is 7.17. The maximum absolute atomic E-state index is 6.00. The summed E-state index contributed by atoms with van der Waals surface area (Å²) in [5, 5.41) is 5.51. The summed E-state index contributed by atoms with van der Waals surface area (Å²) in [5.74, 6) is 0.835. The van der Waals surface area contributed by atoms with Crippen LogP contribution in [0.3, 0.4) is 0 Å². The molecule has 0 radical (unpaired) electrons. The molecular weight excluding hydrogens is 268 g/mol. The summed E-state index contributed by atoms with van der Waals surface area (Å²) in [5.41, 5.74) is 7.75. The van der Waals surface area contributed by atoms with Crippen molar-refractivity contribution >= 4 is 27.4 Å². The Bertz CT molecular complexity index is 710. The quantitative estimate of drug-likeness (QED) is 0.773. The Morgan fingerprint density at radius 2 is 2.00 bits per heavy atom. The van der Waals surface area contributed by atoms with Crippen molar-refractivity contribution in [2.45, 2.75) is 12.5 Å². The molecule has 5 heteroatoms. The maximum Gasteiger partial charge on any atom is 0.148 e. The lowest BCUT2D eigenvalue weighted by Crippen LogP contribution is -2.40. The highest BCUT2D eigenvalue weighted by atomic mass is 32.1. The van der Waals surface area contributed by atoms with Crippen molar-refractivity contribution in [2.24, 2.45) is 5.73 Å². The molecule has 0 aliphatic heterocycles. The second-order valence-electron chi connectivity index (χ2n) is 4.88.